The second-order valence-corrected chi connectivity index (χ2v) is 12.5. The number of allylic oxidation sites excluding steroid dienone is 3. The van der Waals surface area contributed by atoms with Gasteiger partial charge in [-0.2, -0.15) is 5.10 Å². The molecule has 0 saturated carbocycles. The molecular formula is C37H47Cl2N7O4. The number of hydrogen-bond acceptors (Lipinski definition) is 7. The zero-order chi connectivity index (χ0) is 36.5. The van der Waals surface area contributed by atoms with E-state index in [2.05, 4.69) is 32.5 Å². The van der Waals surface area contributed by atoms with Crippen LogP contribution in [0.3, 0.4) is 0 Å². The lowest BCUT2D eigenvalue weighted by Crippen LogP contribution is -2.33. The molecule has 0 aliphatic carbocycles. The lowest BCUT2D eigenvalue weighted by molar-refractivity contribution is -0.120. The largest absolute Gasteiger partial charge is 0.403 e. The quantitative estimate of drug-likeness (QED) is 0.0759. The SMILES string of the molecule is C=C/C(Cl)=C(NC(=O)Nc1cc(-c2cccc(-c3cccc(CC(=O)NCCCCCCCN(C)CCO)c3)c2)nn(CC)c1=O)\C(Cl)=C/N. The van der Waals surface area contributed by atoms with E-state index < -0.39 is 11.6 Å². The maximum Gasteiger partial charge on any atom is 0.323 e. The van der Waals surface area contributed by atoms with E-state index >= 15 is 0 Å². The first-order valence-electron chi connectivity index (χ1n) is 16.7. The predicted octanol–water partition coefficient (Wildman–Crippen LogP) is 5.93. The normalized spacial score (nSPS) is 12.0. The fourth-order valence-electron chi connectivity index (χ4n) is 5.19. The molecule has 0 bridgehead atoms. The Morgan fingerprint density at radius 1 is 1.00 bits per heavy atom. The van der Waals surface area contributed by atoms with Crippen molar-refractivity contribution in [2.45, 2.75) is 52.0 Å². The predicted molar refractivity (Wildman–Crippen MR) is 203 cm³/mol. The molecule has 3 amide bonds. The second kappa shape index (κ2) is 20.9. The molecule has 50 heavy (non-hydrogen) atoms. The number of aliphatic hydroxyl groups excluding tert-OH is 1. The summed E-state index contributed by atoms with van der Waals surface area (Å²) in [5, 5.41) is 21.7. The fraction of sp³-hybridized carbons (Fsp3) is 0.351. The molecule has 0 saturated heterocycles. The number of halogens is 2. The van der Waals surface area contributed by atoms with Crippen molar-refractivity contribution in [3.63, 3.8) is 0 Å². The van der Waals surface area contributed by atoms with Gasteiger partial charge in [0.2, 0.25) is 5.91 Å². The van der Waals surface area contributed by atoms with Gasteiger partial charge in [-0.25, -0.2) is 9.48 Å². The highest BCUT2D eigenvalue weighted by molar-refractivity contribution is 6.36. The summed E-state index contributed by atoms with van der Waals surface area (Å²) in [5.41, 5.74) is 8.93. The van der Waals surface area contributed by atoms with Crippen molar-refractivity contribution in [1.29, 1.82) is 0 Å². The van der Waals surface area contributed by atoms with E-state index in [9.17, 15) is 14.4 Å². The van der Waals surface area contributed by atoms with Gasteiger partial charge in [0.05, 0.1) is 34.5 Å². The smallest absolute Gasteiger partial charge is 0.323 e. The van der Waals surface area contributed by atoms with Gasteiger partial charge in [-0.1, -0.05) is 91.5 Å². The number of aromatic nitrogens is 2. The average molecular weight is 725 g/mol. The number of nitrogens with one attached hydrogen (secondary N) is 3. The van der Waals surface area contributed by atoms with Crippen molar-refractivity contribution < 1.29 is 14.7 Å². The van der Waals surface area contributed by atoms with E-state index in [0.29, 0.717) is 18.8 Å². The van der Waals surface area contributed by atoms with Gasteiger partial charge in [0.15, 0.2) is 0 Å². The molecule has 0 spiro atoms. The molecule has 0 aliphatic heterocycles. The second-order valence-electron chi connectivity index (χ2n) is 11.7. The molecule has 13 heteroatoms. The van der Waals surface area contributed by atoms with Crippen molar-refractivity contribution in [2.75, 3.05) is 38.6 Å². The van der Waals surface area contributed by atoms with Gasteiger partial charge in [0.1, 0.15) is 5.69 Å². The minimum atomic E-state index is -0.763. The van der Waals surface area contributed by atoms with E-state index in [-0.39, 0.29) is 46.9 Å². The summed E-state index contributed by atoms with van der Waals surface area (Å²) in [5.74, 6) is -0.0210. The molecule has 2 aromatic carbocycles. The van der Waals surface area contributed by atoms with E-state index in [1.807, 2.05) is 55.6 Å². The first-order chi connectivity index (χ1) is 24.1. The third kappa shape index (κ3) is 12.5. The van der Waals surface area contributed by atoms with Gasteiger partial charge in [0.25, 0.3) is 5.56 Å². The number of hydrogen-bond donors (Lipinski definition) is 5. The van der Waals surface area contributed by atoms with E-state index in [1.54, 1.807) is 6.92 Å². The van der Waals surface area contributed by atoms with Crippen LogP contribution in [0, 0.1) is 0 Å². The first-order valence-corrected chi connectivity index (χ1v) is 17.4. The molecule has 0 aliphatic rings. The third-order valence-electron chi connectivity index (χ3n) is 7.87. The van der Waals surface area contributed by atoms with Crippen LogP contribution in [-0.2, 0) is 17.8 Å². The molecular weight excluding hydrogens is 677 g/mol. The number of aliphatic hydroxyl groups is 1. The van der Waals surface area contributed by atoms with Crippen LogP contribution in [0.1, 0.15) is 44.6 Å². The Balaban J connectivity index is 1.67. The topological polar surface area (TPSA) is 155 Å². The molecule has 0 atom stereocenters. The zero-order valence-electron chi connectivity index (χ0n) is 28.7. The molecule has 1 aromatic heterocycles. The summed E-state index contributed by atoms with van der Waals surface area (Å²) in [4.78, 5) is 40.8. The zero-order valence-corrected chi connectivity index (χ0v) is 30.2. The Labute approximate surface area is 303 Å². The van der Waals surface area contributed by atoms with Gasteiger partial charge in [-0.3, -0.25) is 9.59 Å². The molecule has 11 nitrogen and oxygen atoms in total. The highest BCUT2D eigenvalue weighted by Gasteiger charge is 2.16. The monoisotopic (exact) mass is 723 g/mol. The number of amides is 3. The highest BCUT2D eigenvalue weighted by atomic mass is 35.5. The number of rotatable bonds is 19. The number of carbonyl (C=O) groups excluding carboxylic acids is 2. The summed E-state index contributed by atoms with van der Waals surface area (Å²) in [7, 11) is 2.02. The minimum Gasteiger partial charge on any atom is -0.403 e. The van der Waals surface area contributed by atoms with Gasteiger partial charge in [-0.05, 0) is 68.3 Å². The molecule has 0 radical (unpaired) electrons. The minimum absolute atomic E-state index is 0.00300. The summed E-state index contributed by atoms with van der Waals surface area (Å²) >= 11 is 12.2. The molecule has 1 heterocycles. The van der Waals surface area contributed by atoms with Crippen molar-refractivity contribution in [3.8, 4) is 22.4 Å². The van der Waals surface area contributed by atoms with Crippen LogP contribution in [0.2, 0.25) is 0 Å². The highest BCUT2D eigenvalue weighted by Crippen LogP contribution is 2.27. The fourth-order valence-corrected chi connectivity index (χ4v) is 5.53. The number of nitrogens with two attached hydrogens (primary N) is 1. The number of unbranched alkanes of at least 4 members (excludes halogenated alkanes) is 4. The van der Waals surface area contributed by atoms with Crippen LogP contribution >= 0.6 is 23.2 Å². The Morgan fingerprint density at radius 3 is 2.38 bits per heavy atom. The maximum atomic E-state index is 13.1. The number of aryl methyl sites for hydroxylation is 1. The number of anilines is 1. The number of carbonyl (C=O) groups is 2. The average Bonchev–Trinajstić information content (AvgIpc) is 3.12. The van der Waals surface area contributed by atoms with Crippen molar-refractivity contribution in [3.05, 3.63) is 105 Å². The van der Waals surface area contributed by atoms with Crippen LogP contribution < -0.4 is 27.2 Å². The van der Waals surface area contributed by atoms with Crippen molar-refractivity contribution >= 4 is 40.8 Å². The van der Waals surface area contributed by atoms with Crippen molar-refractivity contribution in [1.82, 2.24) is 25.3 Å². The first kappa shape index (κ1) is 40.0. The van der Waals surface area contributed by atoms with Crippen molar-refractivity contribution in [2.24, 2.45) is 5.73 Å². The van der Waals surface area contributed by atoms with Crippen LogP contribution in [0.25, 0.3) is 22.4 Å². The number of nitrogens with zero attached hydrogens (tertiary/aromatic N) is 3. The van der Waals surface area contributed by atoms with Gasteiger partial charge in [0, 0.05) is 31.4 Å². The summed E-state index contributed by atoms with van der Waals surface area (Å²) < 4.78 is 1.26. The maximum absolute atomic E-state index is 13.1. The van der Waals surface area contributed by atoms with Crippen LogP contribution in [0.4, 0.5) is 10.5 Å². The number of likely N-dealkylation sites (N-methyl/N-ethyl adjacent to an activating group) is 1. The molecule has 0 unspecified atom stereocenters. The summed E-state index contributed by atoms with van der Waals surface area (Å²) in [6.45, 7) is 8.15. The van der Waals surface area contributed by atoms with E-state index in [4.69, 9.17) is 34.0 Å². The van der Waals surface area contributed by atoms with Crippen LogP contribution in [0.5, 0.6) is 0 Å². The lowest BCUT2D eigenvalue weighted by atomic mass is 9.99. The molecule has 268 valence electrons. The van der Waals surface area contributed by atoms with Crippen LogP contribution in [0.15, 0.2) is 94.0 Å². The van der Waals surface area contributed by atoms with Gasteiger partial charge >= 0.3 is 6.03 Å². The van der Waals surface area contributed by atoms with E-state index in [0.717, 1.165) is 67.1 Å². The summed E-state index contributed by atoms with van der Waals surface area (Å²) in [6.07, 6.45) is 8.01. The van der Waals surface area contributed by atoms with Crippen LogP contribution in [-0.4, -0.2) is 65.0 Å². The number of urea groups is 1. The summed E-state index contributed by atoms with van der Waals surface area (Å²) in [6, 6.07) is 16.2. The van der Waals surface area contributed by atoms with Gasteiger partial charge in [-0.15, -0.1) is 0 Å². The molecule has 6 N–H and O–H groups in total. The Bertz CT molecular complexity index is 1740. The Kier molecular flexibility index (Phi) is 16.8. The molecule has 3 aromatic rings. The Morgan fingerprint density at radius 2 is 1.68 bits per heavy atom. The van der Waals surface area contributed by atoms with E-state index in [1.165, 1.54) is 16.8 Å². The standard InChI is InChI=1S/C37H47Cl2N7O4/c1-4-30(38)35(31(39)25-40)43-37(50)42-33-24-32(44-46(5-2)36(33)49)29-16-12-15-28(23-29)27-14-11-13-26(21-27)22-34(48)41-17-9-7-6-8-10-18-45(3)19-20-47/h4,11-16,21,23-25,47H,1,5-10,17-20,22,40H2,2-3H3,(H,41,48)(H2,42,43,50)/b31-25+,35-30-. The lowest BCUT2D eigenvalue weighted by Gasteiger charge is -2.14. The van der Waals surface area contributed by atoms with Gasteiger partial charge < -0.3 is 31.7 Å². The molecule has 0 fully saturated rings. The Hall–Kier alpha value is -4.42. The molecule has 3 rings (SSSR count). The third-order valence-corrected chi connectivity index (χ3v) is 8.53. The number of benzene rings is 2.